The summed E-state index contributed by atoms with van der Waals surface area (Å²) in [6, 6.07) is 2.86. The van der Waals surface area contributed by atoms with E-state index in [2.05, 4.69) is 39.0 Å². The number of H-pyrrole nitrogens is 1. The predicted molar refractivity (Wildman–Crippen MR) is 140 cm³/mol. The molecule has 206 valence electrons. The molecule has 10 heteroatoms. The van der Waals surface area contributed by atoms with Gasteiger partial charge in [-0.3, -0.25) is 9.59 Å². The molecule has 4 rings (SSSR count). The van der Waals surface area contributed by atoms with E-state index in [9.17, 15) is 18.4 Å². The van der Waals surface area contributed by atoms with Crippen molar-refractivity contribution in [1.82, 2.24) is 25.5 Å². The summed E-state index contributed by atoms with van der Waals surface area (Å²) >= 11 is 0. The molecule has 3 heterocycles. The molecular weight excluding hydrogens is 492 g/mol. The number of nitrogens with one attached hydrogen (secondary N) is 3. The van der Waals surface area contributed by atoms with E-state index in [1.807, 2.05) is 0 Å². The molecule has 0 radical (unpaired) electrons. The van der Waals surface area contributed by atoms with Crippen molar-refractivity contribution in [2.24, 2.45) is 5.92 Å². The quantitative estimate of drug-likeness (QED) is 0.431. The second-order valence-electron chi connectivity index (χ2n) is 10.3. The first kappa shape index (κ1) is 27.8. The Hall–Kier alpha value is -3.27. The topological polar surface area (TPSA) is 99.3 Å². The Morgan fingerprint density at radius 1 is 1.24 bits per heavy atom. The number of halogens is 2. The Balaban J connectivity index is 1.39. The van der Waals surface area contributed by atoms with E-state index < -0.39 is 17.7 Å². The highest BCUT2D eigenvalue weighted by molar-refractivity contribution is 5.87. The lowest BCUT2D eigenvalue weighted by molar-refractivity contribution is -0.130. The first-order valence-corrected chi connectivity index (χ1v) is 13.4. The number of carbonyl (C=O) groups excluding carboxylic acids is 2. The van der Waals surface area contributed by atoms with Crippen molar-refractivity contribution < 1.29 is 23.1 Å². The summed E-state index contributed by atoms with van der Waals surface area (Å²) in [4.78, 5) is 35.6. The first-order valence-electron chi connectivity index (χ1n) is 13.4. The average molecular weight is 530 g/mol. The lowest BCUT2D eigenvalue weighted by Crippen LogP contribution is -2.49. The second kappa shape index (κ2) is 13.0. The molecule has 2 amide bonds. The molecule has 0 bridgehead atoms. The van der Waals surface area contributed by atoms with Crippen molar-refractivity contribution in [3.05, 3.63) is 54.1 Å². The van der Waals surface area contributed by atoms with Crippen LogP contribution in [0.1, 0.15) is 57.7 Å². The summed E-state index contributed by atoms with van der Waals surface area (Å²) in [5.41, 5.74) is 1.39. The molecule has 0 spiro atoms. The van der Waals surface area contributed by atoms with Crippen LogP contribution in [-0.2, 0) is 20.9 Å². The lowest BCUT2D eigenvalue weighted by atomic mass is 9.96. The maximum absolute atomic E-state index is 14.1. The Morgan fingerprint density at radius 3 is 2.76 bits per heavy atom. The van der Waals surface area contributed by atoms with Crippen LogP contribution in [0.3, 0.4) is 0 Å². The minimum atomic E-state index is -0.784. The fourth-order valence-corrected chi connectivity index (χ4v) is 5.19. The van der Waals surface area contributed by atoms with Crippen molar-refractivity contribution in [2.45, 2.75) is 70.5 Å². The van der Waals surface area contributed by atoms with Gasteiger partial charge < -0.3 is 25.3 Å². The predicted octanol–water partition coefficient (Wildman–Crippen LogP) is 4.05. The van der Waals surface area contributed by atoms with Gasteiger partial charge in [-0.2, -0.15) is 0 Å². The molecule has 2 fully saturated rings. The highest BCUT2D eigenvalue weighted by Gasteiger charge is 2.27. The third-order valence-corrected chi connectivity index (χ3v) is 7.40. The lowest BCUT2D eigenvalue weighted by Gasteiger charge is -2.37. The summed E-state index contributed by atoms with van der Waals surface area (Å²) in [6.45, 7) is 8.64. The van der Waals surface area contributed by atoms with Gasteiger partial charge >= 0.3 is 0 Å². The molecular formula is C28H37F2N5O3. The summed E-state index contributed by atoms with van der Waals surface area (Å²) < 4.78 is 32.8. The van der Waals surface area contributed by atoms with E-state index in [0.29, 0.717) is 43.6 Å². The highest BCUT2D eigenvalue weighted by Crippen LogP contribution is 2.24. The molecule has 2 aromatic rings. The molecule has 0 unspecified atom stereocenters. The number of carbonyl (C=O) groups is 2. The van der Waals surface area contributed by atoms with Gasteiger partial charge in [-0.05, 0) is 57.1 Å². The fraction of sp³-hybridized carbons (Fsp3) is 0.536. The molecule has 0 aliphatic carbocycles. The molecule has 2 aliphatic heterocycles. The van der Waals surface area contributed by atoms with Gasteiger partial charge in [0.15, 0.2) is 0 Å². The number of hydrogen-bond donors (Lipinski definition) is 3. The minimum absolute atomic E-state index is 0.0561. The van der Waals surface area contributed by atoms with E-state index in [0.717, 1.165) is 44.0 Å². The zero-order chi connectivity index (χ0) is 27.1. The zero-order valence-electron chi connectivity index (χ0n) is 21.9. The molecule has 2 aliphatic rings. The van der Waals surface area contributed by atoms with Gasteiger partial charge in [-0.1, -0.05) is 6.58 Å². The van der Waals surface area contributed by atoms with Crippen molar-refractivity contribution in [1.29, 1.82) is 0 Å². The van der Waals surface area contributed by atoms with Crippen molar-refractivity contribution in [3.8, 4) is 11.3 Å². The number of aromatic nitrogens is 2. The molecule has 38 heavy (non-hydrogen) atoms. The molecule has 1 aromatic heterocycles. The van der Waals surface area contributed by atoms with E-state index in [1.54, 1.807) is 0 Å². The fourth-order valence-electron chi connectivity index (χ4n) is 5.19. The number of nitrogens with zero attached hydrogens (tertiary/aromatic N) is 2. The largest absolute Gasteiger partial charge is 0.381 e. The van der Waals surface area contributed by atoms with Crippen LogP contribution in [0.2, 0.25) is 0 Å². The molecule has 0 saturated carbocycles. The van der Waals surface area contributed by atoms with Crippen LogP contribution in [0.25, 0.3) is 11.3 Å². The van der Waals surface area contributed by atoms with Crippen LogP contribution in [0.15, 0.2) is 36.7 Å². The minimum Gasteiger partial charge on any atom is -0.381 e. The maximum atomic E-state index is 14.1. The van der Waals surface area contributed by atoms with Gasteiger partial charge in [0.2, 0.25) is 11.8 Å². The van der Waals surface area contributed by atoms with Crippen LogP contribution in [0, 0.1) is 17.6 Å². The molecule has 2 atom stereocenters. The van der Waals surface area contributed by atoms with Crippen LogP contribution >= 0.6 is 0 Å². The van der Waals surface area contributed by atoms with E-state index in [4.69, 9.17) is 4.74 Å². The van der Waals surface area contributed by atoms with Crippen LogP contribution < -0.4 is 10.6 Å². The summed E-state index contributed by atoms with van der Waals surface area (Å²) in [7, 11) is 0. The summed E-state index contributed by atoms with van der Waals surface area (Å²) in [5.74, 6) is -1.23. The monoisotopic (exact) mass is 529 g/mol. The molecule has 2 saturated heterocycles. The number of piperidine rings is 1. The summed E-state index contributed by atoms with van der Waals surface area (Å²) in [6.07, 6.45) is 7.07. The van der Waals surface area contributed by atoms with Gasteiger partial charge in [-0.15, -0.1) is 0 Å². The third-order valence-electron chi connectivity index (χ3n) is 7.40. The Bertz CT molecular complexity index is 1130. The van der Waals surface area contributed by atoms with Crippen LogP contribution in [0.5, 0.6) is 0 Å². The number of imidazole rings is 1. The van der Waals surface area contributed by atoms with Gasteiger partial charge in [0, 0.05) is 56.0 Å². The Morgan fingerprint density at radius 2 is 2.03 bits per heavy atom. The van der Waals surface area contributed by atoms with Gasteiger partial charge in [-0.25, -0.2) is 13.8 Å². The average Bonchev–Trinajstić information content (AvgIpc) is 3.36. The van der Waals surface area contributed by atoms with Gasteiger partial charge in [0.25, 0.3) is 0 Å². The number of likely N-dealkylation sites (tertiary alicyclic amines) is 1. The van der Waals surface area contributed by atoms with E-state index in [1.165, 1.54) is 24.8 Å². The van der Waals surface area contributed by atoms with Crippen LogP contribution in [0.4, 0.5) is 8.78 Å². The number of benzene rings is 1. The number of amides is 2. The smallest absolute Gasteiger partial charge is 0.243 e. The zero-order valence-corrected chi connectivity index (χ0v) is 21.9. The Labute approximate surface area is 222 Å². The highest BCUT2D eigenvalue weighted by atomic mass is 19.1. The maximum Gasteiger partial charge on any atom is 0.243 e. The molecule has 8 nitrogen and oxygen atoms in total. The SMILES string of the molecule is C=C(C[C@H](NC(=O)CC1CCOCC1)C(=O)NCc1ncc(-c2ccc(F)cc2F)[nH]1)N1CCCC[C@@H]1C. The van der Waals surface area contributed by atoms with Crippen LogP contribution in [-0.4, -0.2) is 58.5 Å². The normalized spacial score (nSPS) is 19.1. The standard InChI is InChI=1S/C28H37F2N5O3/c1-18-5-3-4-10-35(18)19(2)13-24(34-27(36)14-20-8-11-38-12-9-20)28(37)32-17-26-31-16-25(33-26)22-7-6-21(29)15-23(22)30/h6-7,15-16,18,20,24H,2-5,8-14,17H2,1H3,(H,31,33)(H,32,37)(H,34,36)/t18-,24-/m0/s1. The number of rotatable bonds is 10. The summed E-state index contributed by atoms with van der Waals surface area (Å²) in [5, 5.41) is 5.77. The second-order valence-corrected chi connectivity index (χ2v) is 10.3. The molecule has 1 aromatic carbocycles. The number of ether oxygens (including phenoxy) is 1. The third kappa shape index (κ3) is 7.40. The van der Waals surface area contributed by atoms with Crippen molar-refractivity contribution in [2.75, 3.05) is 19.8 Å². The van der Waals surface area contributed by atoms with Crippen molar-refractivity contribution in [3.63, 3.8) is 0 Å². The number of hydrogen-bond acceptors (Lipinski definition) is 5. The van der Waals surface area contributed by atoms with Gasteiger partial charge in [0.1, 0.15) is 23.5 Å². The van der Waals surface area contributed by atoms with E-state index in [-0.39, 0.29) is 29.8 Å². The Kier molecular flexibility index (Phi) is 9.49. The van der Waals surface area contributed by atoms with Gasteiger partial charge in [0.05, 0.1) is 18.4 Å². The van der Waals surface area contributed by atoms with Crippen molar-refractivity contribution >= 4 is 11.8 Å². The van der Waals surface area contributed by atoms with E-state index >= 15 is 0 Å². The first-order chi connectivity index (χ1) is 18.3. The number of aromatic amines is 1. The molecule has 3 N–H and O–H groups in total.